The van der Waals surface area contributed by atoms with Crippen LogP contribution in [0.15, 0.2) is 73.1 Å². The van der Waals surface area contributed by atoms with Gasteiger partial charge >= 0.3 is 0 Å². The van der Waals surface area contributed by atoms with Gasteiger partial charge in [0.15, 0.2) is 0 Å². The average Bonchev–Trinajstić information content (AvgIpc) is 3.35. The van der Waals surface area contributed by atoms with Gasteiger partial charge in [0.25, 0.3) is 0 Å². The third kappa shape index (κ3) is 5.30. The van der Waals surface area contributed by atoms with Gasteiger partial charge in [-0.05, 0) is 84.5 Å². The van der Waals surface area contributed by atoms with Crippen LogP contribution >= 0.6 is 0 Å². The molecule has 2 aliphatic rings. The highest BCUT2D eigenvalue weighted by atomic mass is 16.2. The summed E-state index contributed by atoms with van der Waals surface area (Å²) in [7, 11) is 3.99. The first kappa shape index (κ1) is 29.0. The van der Waals surface area contributed by atoms with Gasteiger partial charge in [-0.3, -0.25) is 14.6 Å². The Labute approximate surface area is 254 Å². The number of carbonyl (C=O) groups is 2. The van der Waals surface area contributed by atoms with E-state index in [2.05, 4.69) is 60.3 Å². The Balaban J connectivity index is 1.30. The van der Waals surface area contributed by atoms with E-state index in [1.165, 1.54) is 16.6 Å². The number of fused-ring (bicyclic) bond motifs is 1. The molecule has 0 aliphatic heterocycles. The van der Waals surface area contributed by atoms with E-state index in [9.17, 15) is 9.59 Å². The molecule has 0 bridgehead atoms. The number of pyridine rings is 1. The normalized spacial score (nSPS) is 20.1. The molecule has 4 aromatic rings. The molecule has 0 radical (unpaired) electrons. The second kappa shape index (κ2) is 11.2. The van der Waals surface area contributed by atoms with Gasteiger partial charge in [0.05, 0.1) is 0 Å². The summed E-state index contributed by atoms with van der Waals surface area (Å²) >= 11 is 0. The maximum absolute atomic E-state index is 14.5. The first-order valence-electron chi connectivity index (χ1n) is 15.5. The molecule has 7 heteroatoms. The topological polar surface area (TPSA) is 81.3 Å². The van der Waals surface area contributed by atoms with Gasteiger partial charge in [0.1, 0.15) is 5.54 Å². The molecule has 6 rings (SSSR count). The van der Waals surface area contributed by atoms with Gasteiger partial charge in [-0.2, -0.15) is 0 Å². The lowest BCUT2D eigenvalue weighted by Crippen LogP contribution is -2.57. The molecule has 0 unspecified atom stereocenters. The summed E-state index contributed by atoms with van der Waals surface area (Å²) in [5.41, 5.74) is 5.46. The largest absolute Gasteiger partial charge is 0.378 e. The number of rotatable bonds is 9. The first-order valence-corrected chi connectivity index (χ1v) is 15.5. The van der Waals surface area contributed by atoms with Crippen molar-refractivity contribution in [3.63, 3.8) is 0 Å². The second-order valence-corrected chi connectivity index (χ2v) is 13.3. The number of amides is 2. The summed E-state index contributed by atoms with van der Waals surface area (Å²) in [6.45, 7) is 7.05. The highest BCUT2D eigenvalue weighted by Crippen LogP contribution is 2.67. The fraction of sp³-hybridized carbons (Fsp3) is 0.417. The zero-order valence-electron chi connectivity index (χ0n) is 26.0. The van der Waals surface area contributed by atoms with Crippen LogP contribution in [0.2, 0.25) is 0 Å². The number of nitrogens with one attached hydrogen (secondary N) is 2. The zero-order valence-corrected chi connectivity index (χ0v) is 26.0. The lowest BCUT2D eigenvalue weighted by Gasteiger charge is -2.40. The van der Waals surface area contributed by atoms with E-state index < -0.39 is 5.54 Å². The number of benzene rings is 2. The Morgan fingerprint density at radius 2 is 1.72 bits per heavy atom. The minimum Gasteiger partial charge on any atom is -0.378 e. The average molecular weight is 578 g/mol. The van der Waals surface area contributed by atoms with Crippen LogP contribution in [0, 0.1) is 18.3 Å². The molecule has 224 valence electrons. The number of carbonyl (C=O) groups excluding carboxylic acids is 2. The van der Waals surface area contributed by atoms with Crippen molar-refractivity contribution in [3.8, 4) is 0 Å². The Morgan fingerprint density at radius 3 is 2.40 bits per heavy atom. The van der Waals surface area contributed by atoms with Crippen molar-refractivity contribution in [1.29, 1.82) is 0 Å². The Morgan fingerprint density at radius 1 is 1.00 bits per heavy atom. The predicted octanol–water partition coefficient (Wildman–Crippen LogP) is 7.05. The maximum atomic E-state index is 14.5. The van der Waals surface area contributed by atoms with E-state index in [-0.39, 0.29) is 29.1 Å². The molecular weight excluding hydrogens is 534 g/mol. The van der Waals surface area contributed by atoms with Crippen molar-refractivity contribution in [2.75, 3.05) is 24.3 Å². The molecular formula is C36H43N5O2. The maximum Gasteiger partial charge on any atom is 0.250 e. The number of aryl methyl sites for hydroxylation is 1. The molecule has 0 spiro atoms. The molecule has 2 atom stereocenters. The molecule has 2 amide bonds. The van der Waals surface area contributed by atoms with Crippen molar-refractivity contribution in [1.82, 2.24) is 14.9 Å². The molecule has 2 aromatic carbocycles. The standard InChI is InChI=1S/C36H43N5O2/c1-24-32(28-12-6-7-13-30(28)38-24)33-29(35(33,2)3)21-31(42)41(23-25-11-10-20-37-22-25)36(18-8-9-19-36)34(43)39-26-14-16-27(17-15-26)40(4)5/h6-7,10-17,20,22,29,33,38H,8-9,18-19,21,23H2,1-5H3,(H,39,43)/t29-,33+/m1/s1. The smallest absolute Gasteiger partial charge is 0.250 e. The molecule has 43 heavy (non-hydrogen) atoms. The molecule has 2 aromatic heterocycles. The van der Waals surface area contributed by atoms with Gasteiger partial charge < -0.3 is 20.1 Å². The van der Waals surface area contributed by atoms with E-state index in [1.807, 2.05) is 60.3 Å². The van der Waals surface area contributed by atoms with Crippen LogP contribution in [0.4, 0.5) is 11.4 Å². The number of hydrogen-bond donors (Lipinski definition) is 2. The van der Waals surface area contributed by atoms with Gasteiger partial charge in [-0.1, -0.05) is 51.0 Å². The van der Waals surface area contributed by atoms with Crippen molar-refractivity contribution in [3.05, 3.63) is 89.9 Å². The molecule has 2 saturated carbocycles. The Bertz CT molecular complexity index is 1620. The fourth-order valence-corrected chi connectivity index (χ4v) is 7.52. The summed E-state index contributed by atoms with van der Waals surface area (Å²) in [6, 6.07) is 20.2. The summed E-state index contributed by atoms with van der Waals surface area (Å²) in [5.74, 6) is 0.409. The number of hydrogen-bond acceptors (Lipinski definition) is 4. The first-order chi connectivity index (χ1) is 20.6. The van der Waals surface area contributed by atoms with Gasteiger partial charge in [-0.25, -0.2) is 0 Å². The lowest BCUT2D eigenvalue weighted by molar-refractivity contribution is -0.146. The number of H-pyrrole nitrogens is 1. The molecule has 2 aliphatic carbocycles. The molecule has 0 saturated heterocycles. The van der Waals surface area contributed by atoms with Crippen LogP contribution < -0.4 is 10.2 Å². The fourth-order valence-electron chi connectivity index (χ4n) is 7.52. The van der Waals surface area contributed by atoms with Crippen LogP contribution in [0.25, 0.3) is 10.9 Å². The molecule has 2 fully saturated rings. The Hall–Kier alpha value is -4.13. The predicted molar refractivity (Wildman–Crippen MR) is 173 cm³/mol. The van der Waals surface area contributed by atoms with Crippen LogP contribution in [0.1, 0.15) is 68.7 Å². The number of para-hydroxylation sites is 1. The summed E-state index contributed by atoms with van der Waals surface area (Å²) in [4.78, 5) is 40.6. The van der Waals surface area contributed by atoms with Crippen LogP contribution in [0.3, 0.4) is 0 Å². The van der Waals surface area contributed by atoms with E-state index in [4.69, 9.17) is 0 Å². The van der Waals surface area contributed by atoms with Crippen molar-refractivity contribution in [2.45, 2.75) is 70.9 Å². The van der Waals surface area contributed by atoms with Gasteiger partial charge in [0, 0.05) is 67.4 Å². The monoisotopic (exact) mass is 577 g/mol. The zero-order chi connectivity index (χ0) is 30.4. The van der Waals surface area contributed by atoms with E-state index in [0.29, 0.717) is 25.8 Å². The van der Waals surface area contributed by atoms with E-state index in [0.717, 1.165) is 35.3 Å². The second-order valence-electron chi connectivity index (χ2n) is 13.3. The number of aromatic nitrogens is 2. The SMILES string of the molecule is Cc1[nH]c2ccccc2c1[C@@H]1[C@@H](CC(=O)N(Cc2cccnc2)C2(C(=O)Nc3ccc(N(C)C)cc3)CCCC2)C1(C)C. The van der Waals surface area contributed by atoms with Crippen molar-refractivity contribution in [2.24, 2.45) is 11.3 Å². The molecule has 2 heterocycles. The molecule has 2 N–H and O–H groups in total. The van der Waals surface area contributed by atoms with Gasteiger partial charge in [0.2, 0.25) is 11.8 Å². The minimum absolute atomic E-state index is 0.0232. The van der Waals surface area contributed by atoms with Crippen LogP contribution in [0.5, 0.6) is 0 Å². The third-order valence-corrected chi connectivity index (χ3v) is 10.1. The number of aromatic amines is 1. The lowest BCUT2D eigenvalue weighted by atomic mass is 9.91. The van der Waals surface area contributed by atoms with E-state index >= 15 is 0 Å². The van der Waals surface area contributed by atoms with Crippen molar-refractivity contribution >= 4 is 34.1 Å². The van der Waals surface area contributed by atoms with Crippen molar-refractivity contribution < 1.29 is 9.59 Å². The number of anilines is 2. The molecule has 7 nitrogen and oxygen atoms in total. The minimum atomic E-state index is -0.904. The summed E-state index contributed by atoms with van der Waals surface area (Å²) in [6.07, 6.45) is 7.08. The Kier molecular flexibility index (Phi) is 7.53. The van der Waals surface area contributed by atoms with E-state index in [1.54, 1.807) is 12.4 Å². The third-order valence-electron chi connectivity index (χ3n) is 10.1. The summed E-state index contributed by atoms with van der Waals surface area (Å²) < 4.78 is 0. The highest BCUT2D eigenvalue weighted by Gasteiger charge is 2.60. The number of nitrogens with zero attached hydrogens (tertiary/aromatic N) is 3. The summed E-state index contributed by atoms with van der Waals surface area (Å²) in [5, 5.41) is 4.43. The highest BCUT2D eigenvalue weighted by molar-refractivity contribution is 6.01. The van der Waals surface area contributed by atoms with Gasteiger partial charge in [-0.15, -0.1) is 0 Å². The van der Waals surface area contributed by atoms with Crippen LogP contribution in [-0.4, -0.2) is 46.3 Å². The quantitative estimate of drug-likeness (QED) is 0.223. The van der Waals surface area contributed by atoms with Crippen LogP contribution in [-0.2, 0) is 16.1 Å².